The number of carbonyl (C=O) groups is 1. The Hall–Kier alpha value is -2.58. The van der Waals surface area contributed by atoms with Crippen LogP contribution in [-0.4, -0.2) is 18.6 Å². The summed E-state index contributed by atoms with van der Waals surface area (Å²) in [6.07, 6.45) is 1.28. The van der Waals surface area contributed by atoms with Crippen LogP contribution in [0.3, 0.4) is 0 Å². The monoisotopic (exact) mass is 363 g/mol. The molecule has 0 spiro atoms. The number of rotatable bonds is 3. The average molecular weight is 363 g/mol. The minimum atomic E-state index is -1.61. The molecule has 2 aliphatic heterocycles. The molecule has 1 amide bonds. The van der Waals surface area contributed by atoms with Crippen molar-refractivity contribution in [1.82, 2.24) is 10.9 Å². The number of nitrogens with one attached hydrogen (secondary N) is 3. The Labute approximate surface area is 147 Å². The third-order valence-corrected chi connectivity index (χ3v) is 4.63. The van der Waals surface area contributed by atoms with E-state index in [1.165, 1.54) is 0 Å². The van der Waals surface area contributed by atoms with Gasteiger partial charge in [0.25, 0.3) is 0 Å². The minimum absolute atomic E-state index is 0.105. The topological polar surface area (TPSA) is 62.4 Å². The Kier molecular flexibility index (Phi) is 4.29. The van der Waals surface area contributed by atoms with Gasteiger partial charge in [0, 0.05) is 12.5 Å². The number of anilines is 1. The number of benzene rings is 2. The van der Waals surface area contributed by atoms with Crippen LogP contribution < -0.4 is 20.9 Å². The fraction of sp³-hybridized carbons (Fsp3) is 0.278. The first kappa shape index (κ1) is 16.9. The van der Waals surface area contributed by atoms with Crippen LogP contribution in [-0.2, 0) is 11.2 Å². The van der Waals surface area contributed by atoms with Crippen molar-refractivity contribution in [2.45, 2.75) is 24.9 Å². The lowest BCUT2D eigenvalue weighted by Gasteiger charge is -2.12. The molecule has 0 saturated carbocycles. The number of hydrogen-bond acceptors (Lipinski definition) is 4. The van der Waals surface area contributed by atoms with Crippen molar-refractivity contribution in [3.63, 3.8) is 0 Å². The van der Waals surface area contributed by atoms with Gasteiger partial charge in [-0.1, -0.05) is 12.1 Å². The fourth-order valence-electron chi connectivity index (χ4n) is 3.21. The van der Waals surface area contributed by atoms with E-state index in [4.69, 9.17) is 4.74 Å². The van der Waals surface area contributed by atoms with Crippen molar-refractivity contribution in [3.8, 4) is 5.75 Å². The molecule has 3 N–H and O–H groups in total. The smallest absolute Gasteiger partial charge is 0.243 e. The molecule has 2 aliphatic rings. The Bertz CT molecular complexity index is 875. The molecule has 0 bridgehead atoms. The van der Waals surface area contributed by atoms with E-state index in [1.807, 2.05) is 18.2 Å². The van der Waals surface area contributed by atoms with Gasteiger partial charge < -0.3 is 10.1 Å². The summed E-state index contributed by atoms with van der Waals surface area (Å²) in [6.45, 7) is 0.667. The first-order valence-corrected chi connectivity index (χ1v) is 8.24. The molecule has 0 aliphatic carbocycles. The molecule has 0 radical (unpaired) electrons. The number of hydrogen-bond donors (Lipinski definition) is 3. The van der Waals surface area contributed by atoms with E-state index in [0.717, 1.165) is 35.4 Å². The van der Waals surface area contributed by atoms with E-state index in [0.29, 0.717) is 13.0 Å². The highest BCUT2D eigenvalue weighted by Crippen LogP contribution is 2.31. The normalized spacial score (nSPS) is 21.3. The van der Waals surface area contributed by atoms with Crippen molar-refractivity contribution in [2.24, 2.45) is 0 Å². The number of halogens is 3. The Morgan fingerprint density at radius 1 is 1.12 bits per heavy atom. The molecule has 136 valence electrons. The van der Waals surface area contributed by atoms with E-state index in [9.17, 15) is 18.0 Å². The van der Waals surface area contributed by atoms with Gasteiger partial charge in [0.1, 0.15) is 11.8 Å². The molecule has 2 unspecified atom stereocenters. The van der Waals surface area contributed by atoms with Crippen molar-refractivity contribution < 1.29 is 22.7 Å². The molecule has 1 fully saturated rings. The molecular weight excluding hydrogens is 347 g/mol. The zero-order chi connectivity index (χ0) is 18.3. The van der Waals surface area contributed by atoms with Crippen LogP contribution in [0.5, 0.6) is 5.75 Å². The van der Waals surface area contributed by atoms with E-state index in [1.54, 1.807) is 0 Å². The maximum atomic E-state index is 13.7. The van der Waals surface area contributed by atoms with E-state index in [-0.39, 0.29) is 6.04 Å². The summed E-state index contributed by atoms with van der Waals surface area (Å²) in [6, 6.07) is 6.89. The Morgan fingerprint density at radius 2 is 1.96 bits per heavy atom. The second kappa shape index (κ2) is 6.62. The molecule has 0 aromatic heterocycles. The number of fused-ring (bicyclic) bond motifs is 1. The van der Waals surface area contributed by atoms with Gasteiger partial charge in [0.15, 0.2) is 17.5 Å². The van der Waals surface area contributed by atoms with Gasteiger partial charge in [-0.05, 0) is 35.7 Å². The van der Waals surface area contributed by atoms with Crippen LogP contribution in [0, 0.1) is 17.5 Å². The predicted octanol–water partition coefficient (Wildman–Crippen LogP) is 2.59. The third kappa shape index (κ3) is 3.02. The Balaban J connectivity index is 1.44. The largest absolute Gasteiger partial charge is 0.493 e. The summed E-state index contributed by atoms with van der Waals surface area (Å²) in [7, 11) is 0. The molecule has 1 saturated heterocycles. The van der Waals surface area contributed by atoms with Crippen LogP contribution in [0.1, 0.15) is 23.6 Å². The summed E-state index contributed by atoms with van der Waals surface area (Å²) in [4.78, 5) is 12.3. The minimum Gasteiger partial charge on any atom is -0.493 e. The van der Waals surface area contributed by atoms with Crippen LogP contribution in [0.2, 0.25) is 0 Å². The molecule has 8 heteroatoms. The van der Waals surface area contributed by atoms with Gasteiger partial charge in [-0.25, -0.2) is 24.0 Å². The molecule has 26 heavy (non-hydrogen) atoms. The zero-order valence-corrected chi connectivity index (χ0v) is 13.6. The lowest BCUT2D eigenvalue weighted by Crippen LogP contribution is -2.39. The second-order valence-electron chi connectivity index (χ2n) is 6.31. The van der Waals surface area contributed by atoms with Gasteiger partial charge in [-0.2, -0.15) is 0 Å². The first-order chi connectivity index (χ1) is 12.5. The zero-order valence-electron chi connectivity index (χ0n) is 13.6. The standard InChI is InChI=1S/C18H16F3N3O2/c19-11-2-3-12(17(21)16(11)20)22-18(25)14-8-13(23-24-14)9-1-4-15-10(7-9)5-6-26-15/h1-4,7,13-14,23-24H,5-6,8H2,(H,22,25). The van der Waals surface area contributed by atoms with Crippen LogP contribution in [0.15, 0.2) is 30.3 Å². The molecule has 4 rings (SSSR count). The molecule has 2 atom stereocenters. The lowest BCUT2D eigenvalue weighted by molar-refractivity contribution is -0.117. The summed E-state index contributed by atoms with van der Waals surface area (Å²) in [5.41, 5.74) is 7.63. The highest BCUT2D eigenvalue weighted by molar-refractivity contribution is 5.95. The first-order valence-electron chi connectivity index (χ1n) is 8.24. The molecule has 2 aromatic carbocycles. The van der Waals surface area contributed by atoms with Crippen LogP contribution >= 0.6 is 0 Å². The van der Waals surface area contributed by atoms with Crippen molar-refractivity contribution in [1.29, 1.82) is 0 Å². The van der Waals surface area contributed by atoms with Crippen molar-refractivity contribution >= 4 is 11.6 Å². The van der Waals surface area contributed by atoms with Gasteiger partial charge in [-0.15, -0.1) is 0 Å². The van der Waals surface area contributed by atoms with Crippen LogP contribution in [0.25, 0.3) is 0 Å². The van der Waals surface area contributed by atoms with Crippen LogP contribution in [0.4, 0.5) is 18.9 Å². The van der Waals surface area contributed by atoms with Gasteiger partial charge >= 0.3 is 0 Å². The molecule has 5 nitrogen and oxygen atoms in total. The summed E-state index contributed by atoms with van der Waals surface area (Å²) in [5.74, 6) is -3.99. The van der Waals surface area contributed by atoms with Gasteiger partial charge in [0.05, 0.1) is 12.3 Å². The summed E-state index contributed by atoms with van der Waals surface area (Å²) >= 11 is 0. The maximum absolute atomic E-state index is 13.7. The highest BCUT2D eigenvalue weighted by atomic mass is 19.2. The van der Waals surface area contributed by atoms with Gasteiger partial charge in [-0.3, -0.25) is 4.79 Å². The summed E-state index contributed by atoms with van der Waals surface area (Å²) in [5, 5.41) is 2.29. The number of hydrazine groups is 1. The lowest BCUT2D eigenvalue weighted by atomic mass is 9.99. The van der Waals surface area contributed by atoms with Crippen molar-refractivity contribution in [2.75, 3.05) is 11.9 Å². The fourth-order valence-corrected chi connectivity index (χ4v) is 3.21. The molecule has 2 aromatic rings. The maximum Gasteiger partial charge on any atom is 0.243 e. The highest BCUT2D eigenvalue weighted by Gasteiger charge is 2.31. The Morgan fingerprint density at radius 3 is 2.81 bits per heavy atom. The second-order valence-corrected chi connectivity index (χ2v) is 6.31. The number of ether oxygens (including phenoxy) is 1. The number of amides is 1. The predicted molar refractivity (Wildman–Crippen MR) is 88.0 cm³/mol. The van der Waals surface area contributed by atoms with Gasteiger partial charge in [0.2, 0.25) is 5.91 Å². The van der Waals surface area contributed by atoms with E-state index < -0.39 is 35.1 Å². The van der Waals surface area contributed by atoms with Crippen molar-refractivity contribution in [3.05, 3.63) is 58.9 Å². The molecular formula is C18H16F3N3O2. The SMILES string of the molecule is O=C(Nc1ccc(F)c(F)c1F)C1CC(c2ccc3c(c2)CCO3)NN1. The average Bonchev–Trinajstić information content (AvgIpc) is 3.30. The van der Waals surface area contributed by atoms with E-state index >= 15 is 0 Å². The third-order valence-electron chi connectivity index (χ3n) is 4.63. The quantitative estimate of drug-likeness (QED) is 0.734. The van der Waals surface area contributed by atoms with E-state index in [2.05, 4.69) is 16.2 Å². The summed E-state index contributed by atoms with van der Waals surface area (Å²) < 4.78 is 45.4. The molecule has 2 heterocycles. The number of carbonyl (C=O) groups excluding carboxylic acids is 1.